The molecule has 1 amide bonds. The number of amides is 1. The summed E-state index contributed by atoms with van der Waals surface area (Å²) in [5.74, 6) is 1.39. The van der Waals surface area contributed by atoms with Crippen LogP contribution >= 0.6 is 0 Å². The van der Waals surface area contributed by atoms with Crippen molar-refractivity contribution in [1.29, 1.82) is 0 Å². The molecule has 0 atom stereocenters. The van der Waals surface area contributed by atoms with Crippen LogP contribution < -0.4 is 20.1 Å². The molecule has 0 aromatic heterocycles. The molecule has 0 heterocycles. The van der Waals surface area contributed by atoms with E-state index in [-0.39, 0.29) is 12.5 Å². The Morgan fingerprint density at radius 2 is 1.70 bits per heavy atom. The molecule has 5 nitrogen and oxygen atoms in total. The number of nitrogens with one attached hydrogen (secondary N) is 2. The van der Waals surface area contributed by atoms with Gasteiger partial charge in [-0.1, -0.05) is 51.3 Å². The fourth-order valence-corrected chi connectivity index (χ4v) is 2.85. The van der Waals surface area contributed by atoms with E-state index in [2.05, 4.69) is 24.1 Å². The number of para-hydroxylation sites is 2. The molecule has 5 heteroatoms. The summed E-state index contributed by atoms with van der Waals surface area (Å²) in [6.45, 7) is 9.28. The Morgan fingerprint density at radius 3 is 2.43 bits per heavy atom. The average Bonchev–Trinajstić information content (AvgIpc) is 2.75. The highest BCUT2D eigenvalue weighted by atomic mass is 16.5. The van der Waals surface area contributed by atoms with Crippen molar-refractivity contribution >= 4 is 17.3 Å². The summed E-state index contributed by atoms with van der Waals surface area (Å²) < 4.78 is 11.5. The number of ether oxygens (including phenoxy) is 2. The fraction of sp³-hybridized carbons (Fsp3) is 0.400. The van der Waals surface area contributed by atoms with E-state index in [1.54, 1.807) is 0 Å². The molecule has 0 spiro atoms. The van der Waals surface area contributed by atoms with Gasteiger partial charge in [0.05, 0.1) is 18.8 Å². The van der Waals surface area contributed by atoms with Gasteiger partial charge in [0, 0.05) is 5.69 Å². The minimum Gasteiger partial charge on any atom is -0.494 e. The van der Waals surface area contributed by atoms with Crippen LogP contribution in [0.4, 0.5) is 11.4 Å². The third-order valence-electron chi connectivity index (χ3n) is 4.46. The maximum Gasteiger partial charge on any atom is 0.243 e. The number of carbonyl (C=O) groups excluding carboxylic acids is 1. The second-order valence-electron chi connectivity index (χ2n) is 7.43. The van der Waals surface area contributed by atoms with Crippen molar-refractivity contribution in [2.45, 2.75) is 46.0 Å². The number of hydrogen-bond acceptors (Lipinski definition) is 4. The van der Waals surface area contributed by atoms with Crippen molar-refractivity contribution in [3.63, 3.8) is 0 Å². The summed E-state index contributed by atoms with van der Waals surface area (Å²) in [4.78, 5) is 12.3. The molecule has 0 saturated carbocycles. The Balaban J connectivity index is 1.74. The Morgan fingerprint density at radius 1 is 0.967 bits per heavy atom. The Bertz CT molecular complexity index is 787. The standard InChI is InChI=1S/C25H34N2O3/c1-4-5-6-7-10-17-29-22-15-13-21(14-16-22)27-25(28)18-26-23-11-8-9-12-24(23)30-19-20(2)3/h8-9,11-16,26H,2,4-7,10,17-19H2,1,3H3,(H,27,28). The van der Waals surface area contributed by atoms with Crippen LogP contribution in [0.5, 0.6) is 11.5 Å². The van der Waals surface area contributed by atoms with E-state index in [1.165, 1.54) is 25.7 Å². The Hall–Kier alpha value is -2.95. The summed E-state index contributed by atoms with van der Waals surface area (Å²) in [6.07, 6.45) is 6.08. The van der Waals surface area contributed by atoms with Crippen molar-refractivity contribution in [2.75, 3.05) is 30.4 Å². The van der Waals surface area contributed by atoms with Gasteiger partial charge in [0.2, 0.25) is 5.91 Å². The first-order chi connectivity index (χ1) is 14.6. The molecular formula is C25H34N2O3. The largest absolute Gasteiger partial charge is 0.494 e. The number of benzene rings is 2. The van der Waals surface area contributed by atoms with E-state index < -0.39 is 0 Å². The number of hydrogen-bond donors (Lipinski definition) is 2. The van der Waals surface area contributed by atoms with Gasteiger partial charge in [-0.05, 0) is 55.3 Å². The first kappa shape index (κ1) is 23.3. The van der Waals surface area contributed by atoms with Crippen molar-refractivity contribution in [1.82, 2.24) is 0 Å². The molecule has 162 valence electrons. The zero-order valence-corrected chi connectivity index (χ0v) is 18.2. The lowest BCUT2D eigenvalue weighted by molar-refractivity contribution is -0.114. The van der Waals surface area contributed by atoms with Gasteiger partial charge >= 0.3 is 0 Å². The third-order valence-corrected chi connectivity index (χ3v) is 4.46. The summed E-state index contributed by atoms with van der Waals surface area (Å²) in [7, 11) is 0. The highest BCUT2D eigenvalue weighted by Crippen LogP contribution is 2.24. The van der Waals surface area contributed by atoms with Crippen LogP contribution in [0.3, 0.4) is 0 Å². The van der Waals surface area contributed by atoms with Gasteiger partial charge in [-0.25, -0.2) is 0 Å². The molecule has 2 aromatic rings. The van der Waals surface area contributed by atoms with Gasteiger partial charge in [0.1, 0.15) is 18.1 Å². The van der Waals surface area contributed by atoms with Crippen molar-refractivity contribution < 1.29 is 14.3 Å². The first-order valence-corrected chi connectivity index (χ1v) is 10.7. The van der Waals surface area contributed by atoms with Crippen molar-refractivity contribution in [3.8, 4) is 11.5 Å². The monoisotopic (exact) mass is 410 g/mol. The molecule has 2 rings (SSSR count). The van der Waals surface area contributed by atoms with E-state index in [1.807, 2.05) is 55.5 Å². The zero-order chi connectivity index (χ0) is 21.6. The summed E-state index contributed by atoms with van der Waals surface area (Å²) in [6, 6.07) is 15.0. The Kier molecular flexibility index (Phi) is 10.3. The molecular weight excluding hydrogens is 376 g/mol. The molecule has 0 bridgehead atoms. The first-order valence-electron chi connectivity index (χ1n) is 10.7. The van der Waals surface area contributed by atoms with Gasteiger partial charge in [0.15, 0.2) is 0 Å². The number of unbranched alkanes of at least 4 members (excludes halogenated alkanes) is 4. The van der Waals surface area contributed by atoms with Gasteiger partial charge in [0.25, 0.3) is 0 Å². The van der Waals surface area contributed by atoms with Crippen LogP contribution in [0.2, 0.25) is 0 Å². The van der Waals surface area contributed by atoms with Gasteiger partial charge in [-0.15, -0.1) is 0 Å². The molecule has 0 aliphatic rings. The molecule has 0 aliphatic heterocycles. The second kappa shape index (κ2) is 13.3. The molecule has 2 N–H and O–H groups in total. The van der Waals surface area contributed by atoms with Crippen LogP contribution in [-0.2, 0) is 4.79 Å². The second-order valence-corrected chi connectivity index (χ2v) is 7.43. The predicted molar refractivity (Wildman–Crippen MR) is 125 cm³/mol. The maximum absolute atomic E-state index is 12.3. The molecule has 0 unspecified atom stereocenters. The highest BCUT2D eigenvalue weighted by Gasteiger charge is 2.07. The minimum atomic E-state index is -0.130. The molecule has 0 saturated heterocycles. The average molecular weight is 411 g/mol. The molecule has 0 fully saturated rings. The van der Waals surface area contributed by atoms with E-state index >= 15 is 0 Å². The fourth-order valence-electron chi connectivity index (χ4n) is 2.85. The van der Waals surface area contributed by atoms with E-state index in [9.17, 15) is 4.79 Å². The lowest BCUT2D eigenvalue weighted by Crippen LogP contribution is -2.22. The molecule has 0 aliphatic carbocycles. The molecule has 30 heavy (non-hydrogen) atoms. The van der Waals surface area contributed by atoms with E-state index in [4.69, 9.17) is 9.47 Å². The van der Waals surface area contributed by atoms with Gasteiger partial charge in [-0.3, -0.25) is 4.79 Å². The quantitative estimate of drug-likeness (QED) is 0.294. The predicted octanol–water partition coefficient (Wildman–Crippen LogP) is 6.04. The van der Waals surface area contributed by atoms with Gasteiger partial charge in [-0.2, -0.15) is 0 Å². The van der Waals surface area contributed by atoms with Crippen LogP contribution in [0.1, 0.15) is 46.0 Å². The normalized spacial score (nSPS) is 10.3. The SMILES string of the molecule is C=C(C)COc1ccccc1NCC(=O)Nc1ccc(OCCCCCCC)cc1. The summed E-state index contributed by atoms with van der Waals surface area (Å²) >= 11 is 0. The lowest BCUT2D eigenvalue weighted by Gasteiger charge is -2.13. The lowest BCUT2D eigenvalue weighted by atomic mass is 10.2. The molecule has 2 aromatic carbocycles. The highest BCUT2D eigenvalue weighted by molar-refractivity contribution is 5.94. The van der Waals surface area contributed by atoms with Crippen molar-refractivity contribution in [2.24, 2.45) is 0 Å². The zero-order valence-electron chi connectivity index (χ0n) is 18.2. The number of carbonyl (C=O) groups is 1. The van der Waals surface area contributed by atoms with Crippen LogP contribution in [0, 0.1) is 0 Å². The topological polar surface area (TPSA) is 59.6 Å². The van der Waals surface area contributed by atoms with Crippen LogP contribution in [-0.4, -0.2) is 25.7 Å². The minimum absolute atomic E-state index is 0.130. The molecule has 0 radical (unpaired) electrons. The van der Waals surface area contributed by atoms with Crippen LogP contribution in [0.25, 0.3) is 0 Å². The van der Waals surface area contributed by atoms with Crippen molar-refractivity contribution in [3.05, 3.63) is 60.7 Å². The Labute approximate surface area is 180 Å². The summed E-state index contributed by atoms with van der Waals surface area (Å²) in [5.41, 5.74) is 2.45. The third kappa shape index (κ3) is 9.03. The van der Waals surface area contributed by atoms with Crippen LogP contribution in [0.15, 0.2) is 60.7 Å². The van der Waals surface area contributed by atoms with Gasteiger partial charge < -0.3 is 20.1 Å². The number of rotatable bonds is 14. The summed E-state index contributed by atoms with van der Waals surface area (Å²) in [5, 5.41) is 6.01. The smallest absolute Gasteiger partial charge is 0.243 e. The van der Waals surface area contributed by atoms with E-state index in [0.29, 0.717) is 12.4 Å². The number of anilines is 2. The maximum atomic E-state index is 12.3. The van der Waals surface area contributed by atoms with E-state index in [0.717, 1.165) is 35.7 Å².